The Hall–Kier alpha value is -4.58. The summed E-state index contributed by atoms with van der Waals surface area (Å²) in [5.41, 5.74) is 1.28. The third-order valence-electron chi connectivity index (χ3n) is 5.73. The number of aromatic nitrogens is 3. The second-order valence-electron chi connectivity index (χ2n) is 8.62. The highest BCUT2D eigenvalue weighted by molar-refractivity contribution is 5.88. The summed E-state index contributed by atoms with van der Waals surface area (Å²) in [5.74, 6) is -0.470. The maximum Gasteiger partial charge on any atom is 0.227 e. The van der Waals surface area contributed by atoms with Crippen molar-refractivity contribution in [3.8, 4) is 28.9 Å². The van der Waals surface area contributed by atoms with Crippen molar-refractivity contribution in [2.45, 2.75) is 18.9 Å². The molecule has 10 nitrogen and oxygen atoms in total. The van der Waals surface area contributed by atoms with Crippen LogP contribution in [0.1, 0.15) is 23.2 Å². The van der Waals surface area contributed by atoms with Crippen LogP contribution in [0.25, 0.3) is 10.9 Å². The average Bonchev–Trinajstić information content (AvgIpc) is 3.79. The third-order valence-corrected chi connectivity index (χ3v) is 5.73. The number of anilines is 1. The molecule has 1 fully saturated rings. The Morgan fingerprint density at radius 2 is 1.82 bits per heavy atom. The van der Waals surface area contributed by atoms with E-state index in [1.165, 1.54) is 31.9 Å². The van der Waals surface area contributed by atoms with Gasteiger partial charge in [-0.2, -0.15) is 0 Å². The number of methoxy groups -OCH3 is 1. The molecular weight excluding hydrogens is 524 g/mol. The van der Waals surface area contributed by atoms with Crippen LogP contribution in [-0.2, 0) is 0 Å². The van der Waals surface area contributed by atoms with E-state index in [0.717, 1.165) is 25.0 Å². The largest absolute Gasteiger partial charge is 0.493 e. The van der Waals surface area contributed by atoms with E-state index in [1.807, 2.05) is 7.05 Å². The first-order valence-electron chi connectivity index (χ1n) is 12.5. The molecule has 40 heavy (non-hydrogen) atoms. The summed E-state index contributed by atoms with van der Waals surface area (Å²) < 4.78 is 50.6. The number of rotatable bonds is 11. The zero-order chi connectivity index (χ0) is 28.5. The van der Waals surface area contributed by atoms with E-state index < -0.39 is 17.4 Å². The third kappa shape index (κ3) is 7.08. The van der Waals surface area contributed by atoms with E-state index in [4.69, 9.17) is 18.9 Å². The summed E-state index contributed by atoms with van der Waals surface area (Å²) in [6.45, 7) is 1.11. The molecule has 0 amide bonds. The van der Waals surface area contributed by atoms with Gasteiger partial charge in [0.2, 0.25) is 5.88 Å². The number of hydrogen-bond donors (Lipinski definition) is 2. The summed E-state index contributed by atoms with van der Waals surface area (Å²) in [5, 5.41) is 6.22. The van der Waals surface area contributed by atoms with Gasteiger partial charge < -0.3 is 29.6 Å². The zero-order valence-electron chi connectivity index (χ0n) is 22.2. The van der Waals surface area contributed by atoms with Gasteiger partial charge in [0, 0.05) is 55.3 Å². The van der Waals surface area contributed by atoms with Crippen molar-refractivity contribution < 1.29 is 32.5 Å². The number of aldehydes is 1. The van der Waals surface area contributed by atoms with Crippen molar-refractivity contribution in [2.24, 2.45) is 0 Å². The minimum atomic E-state index is -0.812. The SMILES string of the molecule is CNCCOc1cc2nccc(Oc3c(F)cc(NC)cc3F)c2cc1OC.O=Cc1cncnc1OC1CC1. The van der Waals surface area contributed by atoms with Crippen molar-refractivity contribution in [1.29, 1.82) is 0 Å². The fourth-order valence-corrected chi connectivity index (χ4v) is 3.52. The number of hydrogen-bond acceptors (Lipinski definition) is 10. The fraction of sp³-hybridized carbons (Fsp3) is 0.286. The highest BCUT2D eigenvalue weighted by Gasteiger charge is 2.25. The molecule has 1 aliphatic carbocycles. The molecule has 2 aromatic heterocycles. The van der Waals surface area contributed by atoms with E-state index in [1.54, 1.807) is 19.2 Å². The van der Waals surface area contributed by atoms with Gasteiger partial charge in [0.1, 0.15) is 24.8 Å². The topological polar surface area (TPSA) is 117 Å². The molecule has 1 saturated carbocycles. The maximum atomic E-state index is 14.3. The molecule has 0 unspecified atom stereocenters. The lowest BCUT2D eigenvalue weighted by molar-refractivity contribution is 0.111. The van der Waals surface area contributed by atoms with Crippen LogP contribution in [0.15, 0.2) is 49.1 Å². The maximum absolute atomic E-state index is 14.3. The Morgan fingerprint density at radius 3 is 2.48 bits per heavy atom. The van der Waals surface area contributed by atoms with Crippen molar-refractivity contribution >= 4 is 22.9 Å². The Morgan fingerprint density at radius 1 is 1.05 bits per heavy atom. The van der Waals surface area contributed by atoms with Gasteiger partial charge in [-0.1, -0.05) is 0 Å². The van der Waals surface area contributed by atoms with Crippen molar-refractivity contribution in [3.63, 3.8) is 0 Å². The number of likely N-dealkylation sites (N-methyl/N-ethyl adjacent to an activating group) is 1. The molecule has 0 bridgehead atoms. The molecule has 0 atom stereocenters. The van der Waals surface area contributed by atoms with Crippen LogP contribution in [-0.4, -0.2) is 61.7 Å². The Balaban J connectivity index is 0.000000255. The van der Waals surface area contributed by atoms with Gasteiger partial charge in [-0.15, -0.1) is 0 Å². The van der Waals surface area contributed by atoms with Crippen molar-refractivity contribution in [2.75, 3.05) is 39.7 Å². The standard InChI is InChI=1S/C20H21F2N3O3.C8H8N2O2/c1-23-6-7-27-19-11-16-13(10-18(19)26-3)17(4-5-25-16)28-20-14(21)8-12(24-2)9-15(20)22;11-4-6-3-9-5-10-8(6)12-7-1-2-7/h4-5,8-11,23-24H,6-7H2,1-3H3;3-5,7H,1-2H2. The Kier molecular flexibility index (Phi) is 9.57. The molecule has 5 rings (SSSR count). The van der Waals surface area contributed by atoms with Crippen LogP contribution in [0.4, 0.5) is 14.5 Å². The Labute approximate surface area is 229 Å². The summed E-state index contributed by atoms with van der Waals surface area (Å²) >= 11 is 0. The summed E-state index contributed by atoms with van der Waals surface area (Å²) in [6.07, 6.45) is 7.42. The van der Waals surface area contributed by atoms with Crippen molar-refractivity contribution in [3.05, 3.63) is 66.3 Å². The van der Waals surface area contributed by atoms with Crippen LogP contribution in [0.3, 0.4) is 0 Å². The number of nitrogens with one attached hydrogen (secondary N) is 2. The van der Waals surface area contributed by atoms with Crippen LogP contribution in [0.5, 0.6) is 28.9 Å². The predicted molar refractivity (Wildman–Crippen MR) is 145 cm³/mol. The normalized spacial score (nSPS) is 12.2. The van der Waals surface area contributed by atoms with E-state index in [0.29, 0.717) is 59.0 Å². The van der Waals surface area contributed by atoms with Gasteiger partial charge in [-0.05, 0) is 32.0 Å². The summed E-state index contributed by atoms with van der Waals surface area (Å²) in [7, 11) is 4.92. The second kappa shape index (κ2) is 13.5. The number of nitrogens with zero attached hydrogens (tertiary/aromatic N) is 3. The first-order chi connectivity index (χ1) is 19.5. The van der Waals surface area contributed by atoms with E-state index >= 15 is 0 Å². The van der Waals surface area contributed by atoms with Crippen LogP contribution < -0.4 is 29.6 Å². The molecule has 12 heteroatoms. The van der Waals surface area contributed by atoms with Gasteiger partial charge in [-0.3, -0.25) is 9.78 Å². The molecule has 0 aliphatic heterocycles. The molecule has 2 N–H and O–H groups in total. The average molecular weight is 554 g/mol. The monoisotopic (exact) mass is 553 g/mol. The van der Waals surface area contributed by atoms with Crippen LogP contribution in [0, 0.1) is 11.6 Å². The summed E-state index contributed by atoms with van der Waals surface area (Å²) in [4.78, 5) is 22.3. The van der Waals surface area contributed by atoms with Crippen molar-refractivity contribution in [1.82, 2.24) is 20.3 Å². The predicted octanol–water partition coefficient (Wildman–Crippen LogP) is 4.78. The van der Waals surface area contributed by atoms with Gasteiger partial charge in [0.15, 0.2) is 35.2 Å². The number of ether oxygens (including phenoxy) is 4. The first-order valence-corrected chi connectivity index (χ1v) is 12.5. The minimum absolute atomic E-state index is 0.250. The smallest absolute Gasteiger partial charge is 0.227 e. The Bertz CT molecular complexity index is 1450. The molecule has 0 saturated heterocycles. The number of benzene rings is 2. The lowest BCUT2D eigenvalue weighted by atomic mass is 10.1. The highest BCUT2D eigenvalue weighted by Crippen LogP contribution is 2.38. The number of fused-ring (bicyclic) bond motifs is 1. The lowest BCUT2D eigenvalue weighted by Gasteiger charge is -2.14. The van der Waals surface area contributed by atoms with Gasteiger partial charge >= 0.3 is 0 Å². The molecule has 2 aromatic carbocycles. The first kappa shape index (κ1) is 28.4. The minimum Gasteiger partial charge on any atom is -0.493 e. The summed E-state index contributed by atoms with van der Waals surface area (Å²) in [6, 6.07) is 7.23. The molecule has 0 radical (unpaired) electrons. The zero-order valence-corrected chi connectivity index (χ0v) is 22.2. The van der Waals surface area contributed by atoms with E-state index in [-0.39, 0.29) is 11.9 Å². The highest BCUT2D eigenvalue weighted by atomic mass is 19.1. The van der Waals surface area contributed by atoms with Gasteiger partial charge in [-0.25, -0.2) is 18.7 Å². The quantitative estimate of drug-likeness (QED) is 0.198. The van der Waals surface area contributed by atoms with E-state index in [9.17, 15) is 13.6 Å². The molecule has 1 aliphatic rings. The molecule has 2 heterocycles. The second-order valence-corrected chi connectivity index (χ2v) is 8.62. The lowest BCUT2D eigenvalue weighted by Crippen LogP contribution is -2.16. The molecule has 0 spiro atoms. The molecule has 4 aromatic rings. The van der Waals surface area contributed by atoms with Gasteiger partial charge in [0.05, 0.1) is 18.2 Å². The number of carbonyl (C=O) groups is 1. The van der Waals surface area contributed by atoms with Crippen LogP contribution >= 0.6 is 0 Å². The number of pyridine rings is 1. The fourth-order valence-electron chi connectivity index (χ4n) is 3.52. The number of halogens is 2. The van der Waals surface area contributed by atoms with Crippen LogP contribution in [0.2, 0.25) is 0 Å². The van der Waals surface area contributed by atoms with E-state index in [2.05, 4.69) is 25.6 Å². The van der Waals surface area contributed by atoms with Gasteiger partial charge in [0.25, 0.3) is 0 Å². The molecular formula is C28H29F2N5O5. The number of carbonyl (C=O) groups excluding carboxylic acids is 1. The molecule has 210 valence electrons.